The predicted molar refractivity (Wildman–Crippen MR) is 95.0 cm³/mol. The number of hydrogen-bond acceptors (Lipinski definition) is 3. The summed E-state index contributed by atoms with van der Waals surface area (Å²) in [6, 6.07) is 12.4. The Morgan fingerprint density at radius 3 is 2.83 bits per heavy atom. The second kappa shape index (κ2) is 7.40. The highest BCUT2D eigenvalue weighted by atomic mass is 35.5. The van der Waals surface area contributed by atoms with E-state index in [1.165, 1.54) is 6.07 Å². The Morgan fingerprint density at radius 1 is 1.25 bits per heavy atom. The van der Waals surface area contributed by atoms with Gasteiger partial charge < -0.3 is 10.2 Å². The molecule has 0 radical (unpaired) electrons. The first kappa shape index (κ1) is 17.0. The molecule has 1 atom stereocenters. The molecule has 1 saturated heterocycles. The van der Waals surface area contributed by atoms with Gasteiger partial charge in [-0.1, -0.05) is 29.3 Å². The van der Waals surface area contributed by atoms with Crippen LogP contribution in [0.5, 0.6) is 0 Å². The fourth-order valence-electron chi connectivity index (χ4n) is 2.88. The summed E-state index contributed by atoms with van der Waals surface area (Å²) in [4.78, 5) is 2.15. The molecule has 1 heterocycles. The minimum Gasteiger partial charge on any atom is -0.370 e. The molecular formula is C18H16Cl2FN3. The molecule has 0 aliphatic carbocycles. The first-order valence-corrected chi connectivity index (χ1v) is 8.44. The monoisotopic (exact) mass is 363 g/mol. The van der Waals surface area contributed by atoms with Crippen LogP contribution in [0, 0.1) is 17.1 Å². The van der Waals surface area contributed by atoms with Crippen molar-refractivity contribution in [2.24, 2.45) is 0 Å². The average molecular weight is 364 g/mol. The second-order valence-corrected chi connectivity index (χ2v) is 6.67. The van der Waals surface area contributed by atoms with Crippen molar-refractivity contribution in [3.63, 3.8) is 0 Å². The Bertz CT molecular complexity index is 788. The molecule has 124 valence electrons. The molecule has 0 amide bonds. The van der Waals surface area contributed by atoms with E-state index in [0.717, 1.165) is 30.8 Å². The second-order valence-electron chi connectivity index (χ2n) is 5.82. The van der Waals surface area contributed by atoms with Gasteiger partial charge in [-0.15, -0.1) is 0 Å². The van der Waals surface area contributed by atoms with Gasteiger partial charge in [-0.2, -0.15) is 5.26 Å². The zero-order valence-electron chi connectivity index (χ0n) is 12.9. The summed E-state index contributed by atoms with van der Waals surface area (Å²) in [5.41, 5.74) is 1.96. The summed E-state index contributed by atoms with van der Waals surface area (Å²) in [6.07, 6.45) is 0.977. The van der Waals surface area contributed by atoms with E-state index in [1.807, 2.05) is 18.2 Å². The SMILES string of the molecule is N#Cc1cc(N2CC[C@H](NCc3ccc(Cl)cc3Cl)C2)ccc1F. The summed E-state index contributed by atoms with van der Waals surface area (Å²) in [7, 11) is 0. The summed E-state index contributed by atoms with van der Waals surface area (Å²) in [5.74, 6) is -0.479. The van der Waals surface area contributed by atoms with Crippen molar-refractivity contribution in [3.8, 4) is 6.07 Å². The van der Waals surface area contributed by atoms with Crippen molar-refractivity contribution < 1.29 is 4.39 Å². The van der Waals surface area contributed by atoms with Crippen molar-refractivity contribution in [2.75, 3.05) is 18.0 Å². The zero-order valence-corrected chi connectivity index (χ0v) is 14.4. The largest absolute Gasteiger partial charge is 0.370 e. The third kappa shape index (κ3) is 3.81. The molecule has 1 N–H and O–H groups in total. The molecule has 0 saturated carbocycles. The first-order valence-electron chi connectivity index (χ1n) is 7.68. The van der Waals surface area contributed by atoms with Crippen molar-refractivity contribution >= 4 is 28.9 Å². The van der Waals surface area contributed by atoms with Crippen LogP contribution in [-0.2, 0) is 6.54 Å². The van der Waals surface area contributed by atoms with Crippen LogP contribution in [0.3, 0.4) is 0 Å². The Balaban J connectivity index is 1.60. The van der Waals surface area contributed by atoms with Crippen LogP contribution in [-0.4, -0.2) is 19.1 Å². The topological polar surface area (TPSA) is 39.1 Å². The number of nitriles is 1. The standard InChI is InChI=1S/C18H16Cl2FN3/c19-14-2-1-12(17(20)8-14)10-23-15-5-6-24(11-15)16-3-4-18(21)13(7-16)9-22/h1-4,7-8,15,23H,5-6,10-11H2/t15-/m0/s1. The molecule has 0 unspecified atom stereocenters. The molecule has 6 heteroatoms. The number of halogens is 3. The van der Waals surface area contributed by atoms with E-state index in [0.29, 0.717) is 22.6 Å². The molecular weight excluding hydrogens is 348 g/mol. The number of hydrogen-bond donors (Lipinski definition) is 1. The number of benzene rings is 2. The van der Waals surface area contributed by atoms with Crippen LogP contribution in [0.1, 0.15) is 17.5 Å². The van der Waals surface area contributed by atoms with E-state index in [9.17, 15) is 4.39 Å². The molecule has 0 spiro atoms. The molecule has 0 bridgehead atoms. The maximum absolute atomic E-state index is 13.4. The molecule has 1 aliphatic heterocycles. The fourth-order valence-corrected chi connectivity index (χ4v) is 3.35. The lowest BCUT2D eigenvalue weighted by Crippen LogP contribution is -2.32. The summed E-state index contributed by atoms with van der Waals surface area (Å²) >= 11 is 12.1. The van der Waals surface area contributed by atoms with Crippen LogP contribution in [0.25, 0.3) is 0 Å². The lowest BCUT2D eigenvalue weighted by Gasteiger charge is -2.19. The summed E-state index contributed by atoms with van der Waals surface area (Å²) < 4.78 is 13.4. The molecule has 0 aromatic heterocycles. The fraction of sp³-hybridized carbons (Fsp3) is 0.278. The Morgan fingerprint density at radius 2 is 2.08 bits per heavy atom. The van der Waals surface area contributed by atoms with E-state index < -0.39 is 5.82 Å². The number of anilines is 1. The Kier molecular flexibility index (Phi) is 5.25. The molecule has 2 aromatic carbocycles. The minimum atomic E-state index is -0.479. The van der Waals surface area contributed by atoms with Crippen LogP contribution in [0.4, 0.5) is 10.1 Å². The third-order valence-electron chi connectivity index (χ3n) is 4.22. The van der Waals surface area contributed by atoms with Crippen molar-refractivity contribution in [2.45, 2.75) is 19.0 Å². The van der Waals surface area contributed by atoms with Gasteiger partial charge in [0.25, 0.3) is 0 Å². The van der Waals surface area contributed by atoms with E-state index in [-0.39, 0.29) is 5.56 Å². The number of rotatable bonds is 4. The Hall–Kier alpha value is -1.80. The van der Waals surface area contributed by atoms with Crippen molar-refractivity contribution in [1.29, 1.82) is 5.26 Å². The summed E-state index contributed by atoms with van der Waals surface area (Å²) in [5, 5.41) is 13.7. The smallest absolute Gasteiger partial charge is 0.141 e. The van der Waals surface area contributed by atoms with Crippen LogP contribution in [0.15, 0.2) is 36.4 Å². The molecule has 2 aromatic rings. The van der Waals surface area contributed by atoms with Gasteiger partial charge in [0.15, 0.2) is 0 Å². The van der Waals surface area contributed by atoms with Gasteiger partial charge in [-0.3, -0.25) is 0 Å². The lowest BCUT2D eigenvalue weighted by atomic mass is 10.2. The van der Waals surface area contributed by atoms with Crippen molar-refractivity contribution in [3.05, 3.63) is 63.4 Å². The van der Waals surface area contributed by atoms with Gasteiger partial charge in [0.2, 0.25) is 0 Å². The first-order chi connectivity index (χ1) is 11.6. The van der Waals surface area contributed by atoms with Gasteiger partial charge in [0.1, 0.15) is 11.9 Å². The Labute approximate surface area is 150 Å². The molecule has 24 heavy (non-hydrogen) atoms. The predicted octanol–water partition coefficient (Wildman–Crippen LogP) is 4.37. The van der Waals surface area contributed by atoms with Crippen LogP contribution >= 0.6 is 23.2 Å². The maximum atomic E-state index is 13.4. The van der Waals surface area contributed by atoms with Gasteiger partial charge in [-0.25, -0.2) is 4.39 Å². The molecule has 3 rings (SSSR count). The van der Waals surface area contributed by atoms with E-state index in [4.69, 9.17) is 28.5 Å². The number of nitrogens with zero attached hydrogens (tertiary/aromatic N) is 2. The average Bonchev–Trinajstić information content (AvgIpc) is 3.03. The normalized spacial score (nSPS) is 17.1. The highest BCUT2D eigenvalue weighted by molar-refractivity contribution is 6.35. The molecule has 3 nitrogen and oxygen atoms in total. The van der Waals surface area contributed by atoms with Gasteiger partial charge in [-0.05, 0) is 42.3 Å². The van der Waals surface area contributed by atoms with Crippen molar-refractivity contribution in [1.82, 2.24) is 5.32 Å². The zero-order chi connectivity index (χ0) is 17.1. The minimum absolute atomic E-state index is 0.0804. The van der Waals surface area contributed by atoms with Crippen LogP contribution < -0.4 is 10.2 Å². The maximum Gasteiger partial charge on any atom is 0.141 e. The highest BCUT2D eigenvalue weighted by Crippen LogP contribution is 2.24. The third-order valence-corrected chi connectivity index (χ3v) is 4.81. The van der Waals surface area contributed by atoms with Crippen LogP contribution in [0.2, 0.25) is 10.0 Å². The van der Waals surface area contributed by atoms with Gasteiger partial charge in [0, 0.05) is 41.4 Å². The highest BCUT2D eigenvalue weighted by Gasteiger charge is 2.23. The van der Waals surface area contributed by atoms with E-state index >= 15 is 0 Å². The quantitative estimate of drug-likeness (QED) is 0.876. The number of nitrogens with one attached hydrogen (secondary N) is 1. The van der Waals surface area contributed by atoms with E-state index in [1.54, 1.807) is 18.2 Å². The van der Waals surface area contributed by atoms with Gasteiger partial charge in [0.05, 0.1) is 5.56 Å². The van der Waals surface area contributed by atoms with Gasteiger partial charge >= 0.3 is 0 Å². The van der Waals surface area contributed by atoms with E-state index in [2.05, 4.69) is 10.2 Å². The lowest BCUT2D eigenvalue weighted by molar-refractivity contribution is 0.551. The summed E-state index contributed by atoms with van der Waals surface area (Å²) in [6.45, 7) is 2.34. The molecule has 1 fully saturated rings. The molecule has 1 aliphatic rings.